The van der Waals surface area contributed by atoms with Gasteiger partial charge < -0.3 is 10.1 Å². The van der Waals surface area contributed by atoms with E-state index in [4.69, 9.17) is 9.72 Å². The van der Waals surface area contributed by atoms with Gasteiger partial charge in [-0.25, -0.2) is 14.5 Å². The molecule has 8 nitrogen and oxygen atoms in total. The van der Waals surface area contributed by atoms with Gasteiger partial charge in [0.05, 0.1) is 27.7 Å². The Balaban J connectivity index is 1.57. The standard InChI is InChI=1S/C24H22N4O4S/c1-14(2)28-23-19(12-25-28)18(11-20(27-23)22-5-4-10-33-22)24(31)32-13-21(30)16-6-8-17(9-7-16)26-15(3)29/h4-12,14H,13H2,1-3H3,(H,26,29). The fraction of sp³-hybridized carbons (Fsp3) is 0.208. The Hall–Kier alpha value is -3.85. The van der Waals surface area contributed by atoms with Gasteiger partial charge in [-0.2, -0.15) is 5.10 Å². The highest BCUT2D eigenvalue weighted by Gasteiger charge is 2.21. The molecule has 0 fully saturated rings. The molecule has 0 radical (unpaired) electrons. The Morgan fingerprint density at radius 3 is 2.55 bits per heavy atom. The van der Waals surface area contributed by atoms with Gasteiger partial charge in [-0.15, -0.1) is 11.3 Å². The molecule has 9 heteroatoms. The lowest BCUT2D eigenvalue weighted by molar-refractivity contribution is -0.114. The summed E-state index contributed by atoms with van der Waals surface area (Å²) >= 11 is 1.52. The van der Waals surface area contributed by atoms with Crippen LogP contribution in [0.15, 0.2) is 54.0 Å². The average molecular weight is 463 g/mol. The van der Waals surface area contributed by atoms with Crippen molar-refractivity contribution >= 4 is 45.7 Å². The van der Waals surface area contributed by atoms with Crippen LogP contribution in [0.3, 0.4) is 0 Å². The summed E-state index contributed by atoms with van der Waals surface area (Å²) in [6, 6.07) is 12.0. The lowest BCUT2D eigenvalue weighted by Gasteiger charge is -2.10. The second-order valence-corrected chi connectivity index (χ2v) is 8.66. The Morgan fingerprint density at radius 2 is 1.91 bits per heavy atom. The second-order valence-electron chi connectivity index (χ2n) is 7.71. The molecule has 0 spiro atoms. The maximum atomic E-state index is 13.0. The number of fused-ring (bicyclic) bond motifs is 1. The summed E-state index contributed by atoms with van der Waals surface area (Å²) in [5.74, 6) is -1.17. The van der Waals surface area contributed by atoms with Crippen molar-refractivity contribution in [2.75, 3.05) is 11.9 Å². The van der Waals surface area contributed by atoms with E-state index in [1.807, 2.05) is 31.4 Å². The van der Waals surface area contributed by atoms with Crippen LogP contribution in [-0.4, -0.2) is 39.0 Å². The van der Waals surface area contributed by atoms with Gasteiger partial charge in [0, 0.05) is 24.2 Å². The van der Waals surface area contributed by atoms with E-state index in [2.05, 4.69) is 10.4 Å². The highest BCUT2D eigenvalue weighted by molar-refractivity contribution is 7.13. The van der Waals surface area contributed by atoms with Crippen molar-refractivity contribution < 1.29 is 19.1 Å². The van der Waals surface area contributed by atoms with Crippen LogP contribution in [0, 0.1) is 0 Å². The van der Waals surface area contributed by atoms with Crippen molar-refractivity contribution in [1.82, 2.24) is 14.8 Å². The number of hydrogen-bond acceptors (Lipinski definition) is 7. The minimum absolute atomic E-state index is 0.0551. The number of ketones is 1. The van der Waals surface area contributed by atoms with E-state index >= 15 is 0 Å². The predicted molar refractivity (Wildman–Crippen MR) is 127 cm³/mol. The molecule has 3 heterocycles. The van der Waals surface area contributed by atoms with E-state index in [1.54, 1.807) is 41.2 Å². The molecular weight excluding hydrogens is 440 g/mol. The number of hydrogen-bond donors (Lipinski definition) is 1. The van der Waals surface area contributed by atoms with Gasteiger partial charge >= 0.3 is 5.97 Å². The first-order valence-corrected chi connectivity index (χ1v) is 11.2. The molecule has 0 bridgehead atoms. The van der Waals surface area contributed by atoms with E-state index in [9.17, 15) is 14.4 Å². The van der Waals surface area contributed by atoms with E-state index in [0.29, 0.717) is 33.5 Å². The number of Topliss-reactive ketones (excluding diaryl/α,β-unsaturated/α-hetero) is 1. The van der Waals surface area contributed by atoms with Gasteiger partial charge in [-0.3, -0.25) is 9.59 Å². The molecule has 1 N–H and O–H groups in total. The van der Waals surface area contributed by atoms with Gasteiger partial charge in [0.25, 0.3) is 0 Å². The molecule has 0 unspecified atom stereocenters. The molecule has 4 rings (SSSR count). The number of nitrogens with one attached hydrogen (secondary N) is 1. The number of amides is 1. The molecule has 1 amide bonds. The second kappa shape index (κ2) is 9.33. The highest BCUT2D eigenvalue weighted by Crippen LogP contribution is 2.29. The molecule has 0 aliphatic rings. The maximum absolute atomic E-state index is 13.0. The molecule has 0 atom stereocenters. The minimum atomic E-state index is -0.619. The van der Waals surface area contributed by atoms with Crippen molar-refractivity contribution in [1.29, 1.82) is 0 Å². The number of ether oxygens (including phenoxy) is 1. The first-order valence-electron chi connectivity index (χ1n) is 10.3. The van der Waals surface area contributed by atoms with Crippen molar-refractivity contribution in [3.63, 3.8) is 0 Å². The third-order valence-electron chi connectivity index (χ3n) is 4.91. The zero-order valence-electron chi connectivity index (χ0n) is 18.4. The topological polar surface area (TPSA) is 103 Å². The lowest BCUT2D eigenvalue weighted by Crippen LogP contribution is -2.15. The third-order valence-corrected chi connectivity index (χ3v) is 5.80. The van der Waals surface area contributed by atoms with E-state index in [1.165, 1.54) is 18.3 Å². The Labute approximate surface area is 194 Å². The summed E-state index contributed by atoms with van der Waals surface area (Å²) in [4.78, 5) is 42.3. The van der Waals surface area contributed by atoms with Crippen molar-refractivity contribution in [2.24, 2.45) is 0 Å². The highest BCUT2D eigenvalue weighted by atomic mass is 32.1. The molecule has 0 aliphatic carbocycles. The summed E-state index contributed by atoms with van der Waals surface area (Å²) in [5.41, 5.74) is 2.50. The van der Waals surface area contributed by atoms with Crippen LogP contribution >= 0.6 is 11.3 Å². The van der Waals surface area contributed by atoms with Crippen LogP contribution in [0.5, 0.6) is 0 Å². The molecule has 0 aliphatic heterocycles. The van der Waals surface area contributed by atoms with E-state index in [0.717, 1.165) is 4.88 Å². The van der Waals surface area contributed by atoms with E-state index < -0.39 is 12.6 Å². The number of carbonyl (C=O) groups excluding carboxylic acids is 3. The molecule has 4 aromatic rings. The van der Waals surface area contributed by atoms with Crippen LogP contribution in [0.25, 0.3) is 21.6 Å². The number of benzene rings is 1. The van der Waals surface area contributed by atoms with Gasteiger partial charge in [-0.05, 0) is 55.6 Å². The maximum Gasteiger partial charge on any atom is 0.339 e. The van der Waals surface area contributed by atoms with Crippen LogP contribution in [-0.2, 0) is 9.53 Å². The fourth-order valence-corrected chi connectivity index (χ4v) is 4.04. The number of thiophene rings is 1. The molecule has 0 saturated heterocycles. The summed E-state index contributed by atoms with van der Waals surface area (Å²) < 4.78 is 7.12. The SMILES string of the molecule is CC(=O)Nc1ccc(C(=O)COC(=O)c2cc(-c3cccs3)nc3c2cnn3C(C)C)cc1. The Bertz CT molecular complexity index is 1320. The van der Waals surface area contributed by atoms with Crippen LogP contribution in [0.1, 0.15) is 47.5 Å². The Kier molecular flexibility index (Phi) is 6.32. The van der Waals surface area contributed by atoms with Crippen LogP contribution in [0.4, 0.5) is 5.69 Å². The normalized spacial score (nSPS) is 11.0. The summed E-state index contributed by atoms with van der Waals surface area (Å²) in [6.45, 7) is 4.97. The van der Waals surface area contributed by atoms with Crippen LogP contribution < -0.4 is 5.32 Å². The van der Waals surface area contributed by atoms with Crippen LogP contribution in [0.2, 0.25) is 0 Å². The van der Waals surface area contributed by atoms with Crippen molar-refractivity contribution in [2.45, 2.75) is 26.8 Å². The first-order chi connectivity index (χ1) is 15.8. The first kappa shape index (κ1) is 22.3. The van der Waals surface area contributed by atoms with Gasteiger partial charge in [0.15, 0.2) is 18.0 Å². The monoisotopic (exact) mass is 462 g/mol. The van der Waals surface area contributed by atoms with Gasteiger partial charge in [0.2, 0.25) is 5.91 Å². The number of aromatic nitrogens is 3. The van der Waals surface area contributed by atoms with E-state index in [-0.39, 0.29) is 17.7 Å². The smallest absolute Gasteiger partial charge is 0.339 e. The van der Waals surface area contributed by atoms with Crippen molar-refractivity contribution in [3.8, 4) is 10.6 Å². The van der Waals surface area contributed by atoms with Gasteiger partial charge in [0.1, 0.15) is 0 Å². The predicted octanol–water partition coefficient (Wildman–Crippen LogP) is 4.74. The average Bonchev–Trinajstić information content (AvgIpc) is 3.46. The zero-order chi connectivity index (χ0) is 23.5. The number of carbonyl (C=O) groups is 3. The largest absolute Gasteiger partial charge is 0.454 e. The van der Waals surface area contributed by atoms with Crippen molar-refractivity contribution in [3.05, 3.63) is 65.2 Å². The molecule has 1 aromatic carbocycles. The summed E-state index contributed by atoms with van der Waals surface area (Å²) in [5, 5.41) is 9.53. The van der Waals surface area contributed by atoms with Gasteiger partial charge in [-0.1, -0.05) is 6.07 Å². The number of rotatable bonds is 7. The summed E-state index contributed by atoms with van der Waals surface area (Å²) in [7, 11) is 0. The summed E-state index contributed by atoms with van der Waals surface area (Å²) in [6.07, 6.45) is 1.60. The molecule has 0 saturated carbocycles. The zero-order valence-corrected chi connectivity index (χ0v) is 19.2. The minimum Gasteiger partial charge on any atom is -0.454 e. The number of anilines is 1. The lowest BCUT2D eigenvalue weighted by atomic mass is 10.1. The molecule has 33 heavy (non-hydrogen) atoms. The molecule has 168 valence electrons. The number of nitrogens with zero attached hydrogens (tertiary/aromatic N) is 3. The third kappa shape index (κ3) is 4.83. The molecular formula is C24H22N4O4S. The Morgan fingerprint density at radius 1 is 1.15 bits per heavy atom. The number of esters is 1. The number of pyridine rings is 1. The quantitative estimate of drug-likeness (QED) is 0.314. The fourth-order valence-electron chi connectivity index (χ4n) is 3.35. The molecule has 3 aromatic heterocycles.